The van der Waals surface area contributed by atoms with Gasteiger partial charge in [0, 0.05) is 18.7 Å². The molecule has 2 amide bonds. The van der Waals surface area contributed by atoms with E-state index in [1.165, 1.54) is 6.92 Å². The molecule has 7 heteroatoms. The van der Waals surface area contributed by atoms with Crippen molar-refractivity contribution in [2.24, 2.45) is 0 Å². The first-order valence-electron chi connectivity index (χ1n) is 8.61. The van der Waals surface area contributed by atoms with Crippen LogP contribution in [0.4, 0.5) is 5.82 Å². The number of aromatic nitrogens is 2. The van der Waals surface area contributed by atoms with Crippen LogP contribution in [0.25, 0.3) is 11.8 Å². The fourth-order valence-electron chi connectivity index (χ4n) is 2.65. The summed E-state index contributed by atoms with van der Waals surface area (Å²) in [7, 11) is 0. The molecule has 2 aromatic carbocycles. The fourth-order valence-corrected chi connectivity index (χ4v) is 2.87. The lowest BCUT2D eigenvalue weighted by atomic mass is 10.2. The molecule has 0 bridgehead atoms. The molecule has 0 spiro atoms. The van der Waals surface area contributed by atoms with Crippen molar-refractivity contribution in [2.45, 2.75) is 13.8 Å². The molecule has 0 fully saturated rings. The second kappa shape index (κ2) is 8.54. The van der Waals surface area contributed by atoms with Crippen molar-refractivity contribution >= 4 is 35.3 Å². The summed E-state index contributed by atoms with van der Waals surface area (Å²) in [6, 6.07) is 18.3. The zero-order valence-corrected chi connectivity index (χ0v) is 16.2. The second-order valence-corrected chi connectivity index (χ2v) is 6.55. The number of aryl methyl sites for hydroxylation is 1. The molecule has 0 saturated heterocycles. The highest BCUT2D eigenvalue weighted by atomic mass is 35.5. The van der Waals surface area contributed by atoms with Crippen molar-refractivity contribution in [3.05, 3.63) is 82.6 Å². The standard InChI is InChI=1S/C21H19ClN4O2/c1-14-12-20(25-26(14)19-11-7-6-10-17(19)22)24-21(28)18(23-15(2)27)13-16-8-4-3-5-9-16/h3-13H,1-2H3,(H,23,27)(H,24,25,28)/b18-13-. The van der Waals surface area contributed by atoms with E-state index in [0.29, 0.717) is 16.5 Å². The van der Waals surface area contributed by atoms with Gasteiger partial charge in [-0.2, -0.15) is 0 Å². The Morgan fingerprint density at radius 2 is 1.75 bits per heavy atom. The van der Waals surface area contributed by atoms with Crippen molar-refractivity contribution < 1.29 is 9.59 Å². The Morgan fingerprint density at radius 3 is 2.43 bits per heavy atom. The molecule has 0 unspecified atom stereocenters. The molecular weight excluding hydrogens is 376 g/mol. The van der Waals surface area contributed by atoms with Gasteiger partial charge in [0.1, 0.15) is 5.70 Å². The predicted molar refractivity (Wildman–Crippen MR) is 110 cm³/mol. The third kappa shape index (κ3) is 4.66. The van der Waals surface area contributed by atoms with Crippen LogP contribution in [0.2, 0.25) is 5.02 Å². The number of nitrogens with one attached hydrogen (secondary N) is 2. The molecule has 142 valence electrons. The van der Waals surface area contributed by atoms with Gasteiger partial charge in [-0.1, -0.05) is 54.1 Å². The van der Waals surface area contributed by atoms with Crippen LogP contribution in [0.5, 0.6) is 0 Å². The second-order valence-electron chi connectivity index (χ2n) is 6.14. The van der Waals surface area contributed by atoms with E-state index in [2.05, 4.69) is 15.7 Å². The highest BCUT2D eigenvalue weighted by molar-refractivity contribution is 6.32. The van der Waals surface area contributed by atoms with Crippen molar-refractivity contribution in [1.29, 1.82) is 0 Å². The fraction of sp³-hybridized carbons (Fsp3) is 0.0952. The van der Waals surface area contributed by atoms with E-state index in [0.717, 1.165) is 11.3 Å². The Bertz CT molecular complexity index is 1040. The maximum absolute atomic E-state index is 12.7. The number of carbonyl (C=O) groups excluding carboxylic acids is 2. The molecule has 2 N–H and O–H groups in total. The van der Waals surface area contributed by atoms with Crippen LogP contribution >= 0.6 is 11.6 Å². The number of hydrogen-bond donors (Lipinski definition) is 2. The van der Waals surface area contributed by atoms with Gasteiger partial charge >= 0.3 is 0 Å². The zero-order chi connectivity index (χ0) is 20.1. The number of halogens is 1. The topological polar surface area (TPSA) is 76.0 Å². The third-order valence-electron chi connectivity index (χ3n) is 3.88. The first-order valence-corrected chi connectivity index (χ1v) is 8.99. The Kier molecular flexibility index (Phi) is 5.91. The SMILES string of the molecule is CC(=O)N/C(=C\c1ccccc1)C(=O)Nc1cc(C)n(-c2ccccc2Cl)n1. The molecule has 0 aliphatic heterocycles. The molecule has 1 heterocycles. The molecule has 3 rings (SSSR count). The van der Waals surface area contributed by atoms with Crippen LogP contribution in [0.15, 0.2) is 66.4 Å². The van der Waals surface area contributed by atoms with Gasteiger partial charge in [0.15, 0.2) is 5.82 Å². The summed E-state index contributed by atoms with van der Waals surface area (Å²) in [6.45, 7) is 3.21. The minimum absolute atomic E-state index is 0.128. The van der Waals surface area contributed by atoms with Crippen LogP contribution in [0, 0.1) is 6.92 Å². The third-order valence-corrected chi connectivity index (χ3v) is 4.20. The minimum Gasteiger partial charge on any atom is -0.322 e. The van der Waals surface area contributed by atoms with E-state index in [4.69, 9.17) is 11.6 Å². The Hall–Kier alpha value is -3.38. The van der Waals surface area contributed by atoms with Gasteiger partial charge in [0.25, 0.3) is 5.91 Å². The average molecular weight is 395 g/mol. The van der Waals surface area contributed by atoms with E-state index < -0.39 is 5.91 Å². The van der Waals surface area contributed by atoms with Gasteiger partial charge < -0.3 is 10.6 Å². The van der Waals surface area contributed by atoms with Crippen LogP contribution in [0.1, 0.15) is 18.2 Å². The summed E-state index contributed by atoms with van der Waals surface area (Å²) in [4.78, 5) is 24.2. The van der Waals surface area contributed by atoms with Gasteiger partial charge in [0.2, 0.25) is 5.91 Å². The van der Waals surface area contributed by atoms with Gasteiger partial charge in [-0.3, -0.25) is 9.59 Å². The smallest absolute Gasteiger partial charge is 0.273 e. The van der Waals surface area contributed by atoms with Crippen LogP contribution in [-0.2, 0) is 9.59 Å². The summed E-state index contributed by atoms with van der Waals surface area (Å²) in [6.07, 6.45) is 1.61. The summed E-state index contributed by atoms with van der Waals surface area (Å²) in [5.74, 6) is -0.454. The van der Waals surface area contributed by atoms with E-state index in [9.17, 15) is 9.59 Å². The summed E-state index contributed by atoms with van der Waals surface area (Å²) < 4.78 is 1.65. The van der Waals surface area contributed by atoms with Crippen LogP contribution in [0.3, 0.4) is 0 Å². The van der Waals surface area contributed by atoms with Gasteiger partial charge in [-0.05, 0) is 30.7 Å². The van der Waals surface area contributed by atoms with Gasteiger partial charge in [-0.15, -0.1) is 5.10 Å². The van der Waals surface area contributed by atoms with Crippen molar-refractivity contribution in [3.8, 4) is 5.69 Å². The molecule has 0 atom stereocenters. The molecular formula is C21H19ClN4O2. The van der Waals surface area contributed by atoms with Gasteiger partial charge in [-0.25, -0.2) is 4.68 Å². The van der Waals surface area contributed by atoms with E-state index in [1.807, 2.05) is 55.5 Å². The Balaban J connectivity index is 1.86. The quantitative estimate of drug-likeness (QED) is 0.643. The number of hydrogen-bond acceptors (Lipinski definition) is 3. The summed E-state index contributed by atoms with van der Waals surface area (Å²) >= 11 is 6.24. The first-order chi connectivity index (χ1) is 13.4. The Labute approximate surface area is 167 Å². The van der Waals surface area contributed by atoms with Crippen LogP contribution < -0.4 is 10.6 Å². The van der Waals surface area contributed by atoms with Crippen molar-refractivity contribution in [1.82, 2.24) is 15.1 Å². The van der Waals surface area contributed by atoms with E-state index in [-0.39, 0.29) is 11.6 Å². The molecule has 1 aromatic heterocycles. The number of nitrogens with zero attached hydrogens (tertiary/aromatic N) is 2. The lowest BCUT2D eigenvalue weighted by molar-refractivity contribution is -0.120. The van der Waals surface area contributed by atoms with E-state index >= 15 is 0 Å². The number of rotatable bonds is 5. The number of anilines is 1. The summed E-state index contributed by atoms with van der Waals surface area (Å²) in [5, 5.41) is 10.2. The molecule has 3 aromatic rings. The molecule has 0 saturated carbocycles. The van der Waals surface area contributed by atoms with Crippen molar-refractivity contribution in [3.63, 3.8) is 0 Å². The maximum atomic E-state index is 12.7. The molecule has 0 aliphatic carbocycles. The van der Waals surface area contributed by atoms with E-state index in [1.54, 1.807) is 22.9 Å². The molecule has 0 radical (unpaired) electrons. The van der Waals surface area contributed by atoms with Crippen molar-refractivity contribution in [2.75, 3.05) is 5.32 Å². The predicted octanol–water partition coefficient (Wildman–Crippen LogP) is 3.95. The summed E-state index contributed by atoms with van der Waals surface area (Å²) in [5.41, 5.74) is 2.43. The largest absolute Gasteiger partial charge is 0.322 e. The highest BCUT2D eigenvalue weighted by Gasteiger charge is 2.15. The minimum atomic E-state index is -0.470. The molecule has 6 nitrogen and oxygen atoms in total. The number of para-hydroxylation sites is 1. The number of carbonyl (C=O) groups is 2. The number of amides is 2. The maximum Gasteiger partial charge on any atom is 0.273 e. The zero-order valence-electron chi connectivity index (χ0n) is 15.4. The monoisotopic (exact) mass is 394 g/mol. The average Bonchev–Trinajstić information content (AvgIpc) is 3.02. The van der Waals surface area contributed by atoms with Crippen LogP contribution in [-0.4, -0.2) is 21.6 Å². The highest BCUT2D eigenvalue weighted by Crippen LogP contribution is 2.22. The van der Waals surface area contributed by atoms with Gasteiger partial charge in [0.05, 0.1) is 10.7 Å². The molecule has 0 aliphatic rings. The lowest BCUT2D eigenvalue weighted by Gasteiger charge is -2.08. The lowest BCUT2D eigenvalue weighted by Crippen LogP contribution is -2.29. The normalized spacial score (nSPS) is 11.2. The number of benzene rings is 2. The Morgan fingerprint density at radius 1 is 1.07 bits per heavy atom. The molecule has 28 heavy (non-hydrogen) atoms. The first kappa shape index (κ1) is 19.4.